The number of carboxylic acid groups (broad SMARTS) is 1. The van der Waals surface area contributed by atoms with Crippen molar-refractivity contribution in [1.29, 1.82) is 5.26 Å². The Bertz CT molecular complexity index is 1550. The Kier molecular flexibility index (Phi) is 8.33. The molecule has 1 amide bonds. The SMILES string of the molecule is C[C@@]1(C(=O)NC(Cc2ccc(-c3ccccc3C#N)cc2)C(=O)O)CCCN1S(=O)(=O)c1cc(Cl)cc(Cl)c1. The first-order valence-electron chi connectivity index (χ1n) is 12.1. The Morgan fingerprint density at radius 3 is 2.36 bits per heavy atom. The van der Waals surface area contributed by atoms with Gasteiger partial charge in [-0.1, -0.05) is 65.7 Å². The number of rotatable bonds is 8. The number of carboxylic acids is 1. The van der Waals surface area contributed by atoms with Crippen LogP contribution in [0.3, 0.4) is 0 Å². The fourth-order valence-corrected chi connectivity index (χ4v) is 7.29. The standard InChI is InChI=1S/C28H25Cl2N3O5S/c1-28(11-4-12-33(28)39(37,38)23-15-21(29)14-22(30)16-23)27(36)32-25(26(34)35)13-18-7-9-19(10-8-18)24-6-3-2-5-20(24)17-31/h2-3,5-10,14-16,25H,4,11-13H2,1H3,(H,32,36)(H,34,35)/t25?,28-/m0/s1. The third kappa shape index (κ3) is 5.94. The van der Waals surface area contributed by atoms with Crippen LogP contribution in [0.2, 0.25) is 10.0 Å². The summed E-state index contributed by atoms with van der Waals surface area (Å²) in [6, 6.07) is 19.0. The largest absolute Gasteiger partial charge is 0.480 e. The zero-order chi connectivity index (χ0) is 28.4. The summed E-state index contributed by atoms with van der Waals surface area (Å²) in [6.07, 6.45) is 0.612. The van der Waals surface area contributed by atoms with Crippen LogP contribution in [0.25, 0.3) is 11.1 Å². The summed E-state index contributed by atoms with van der Waals surface area (Å²) in [5.74, 6) is -1.96. The molecular formula is C28H25Cl2N3O5S. The number of nitrogens with zero attached hydrogens (tertiary/aromatic N) is 2. The van der Waals surface area contributed by atoms with Crippen LogP contribution >= 0.6 is 23.2 Å². The Morgan fingerprint density at radius 2 is 1.74 bits per heavy atom. The molecule has 0 spiro atoms. The van der Waals surface area contributed by atoms with Gasteiger partial charge in [0.15, 0.2) is 0 Å². The van der Waals surface area contributed by atoms with Gasteiger partial charge in [0.1, 0.15) is 11.6 Å². The lowest BCUT2D eigenvalue weighted by Gasteiger charge is -2.34. The highest BCUT2D eigenvalue weighted by Gasteiger charge is 2.50. The van der Waals surface area contributed by atoms with E-state index < -0.39 is 33.5 Å². The highest BCUT2D eigenvalue weighted by Crippen LogP contribution is 2.36. The minimum Gasteiger partial charge on any atom is -0.480 e. The molecule has 1 aliphatic heterocycles. The molecule has 39 heavy (non-hydrogen) atoms. The van der Waals surface area contributed by atoms with Gasteiger partial charge in [0.25, 0.3) is 0 Å². The van der Waals surface area contributed by atoms with Gasteiger partial charge in [0.05, 0.1) is 16.5 Å². The minimum atomic E-state index is -4.15. The molecular weight excluding hydrogens is 561 g/mol. The van der Waals surface area contributed by atoms with Crippen LogP contribution < -0.4 is 5.32 Å². The molecule has 3 aromatic carbocycles. The van der Waals surface area contributed by atoms with E-state index in [9.17, 15) is 28.4 Å². The first-order chi connectivity index (χ1) is 18.5. The summed E-state index contributed by atoms with van der Waals surface area (Å²) < 4.78 is 28.0. The Balaban J connectivity index is 1.54. The third-order valence-corrected chi connectivity index (χ3v) is 9.28. The van der Waals surface area contributed by atoms with Crippen molar-refractivity contribution in [3.63, 3.8) is 0 Å². The van der Waals surface area contributed by atoms with Gasteiger partial charge >= 0.3 is 5.97 Å². The van der Waals surface area contributed by atoms with Crippen molar-refractivity contribution in [2.75, 3.05) is 6.54 Å². The van der Waals surface area contributed by atoms with Crippen molar-refractivity contribution in [2.45, 2.75) is 42.7 Å². The predicted octanol–water partition coefficient (Wildman–Crippen LogP) is 4.89. The highest BCUT2D eigenvalue weighted by atomic mass is 35.5. The first kappa shape index (κ1) is 28.6. The number of nitriles is 1. The molecule has 0 saturated carbocycles. The van der Waals surface area contributed by atoms with E-state index in [1.54, 1.807) is 36.4 Å². The Hall–Kier alpha value is -3.42. The lowest BCUT2D eigenvalue weighted by Crippen LogP contribution is -2.58. The Labute approximate surface area is 236 Å². The molecule has 4 rings (SSSR count). The molecule has 202 valence electrons. The normalized spacial score (nSPS) is 18.3. The molecule has 1 fully saturated rings. The van der Waals surface area contributed by atoms with Crippen molar-refractivity contribution >= 4 is 45.1 Å². The summed E-state index contributed by atoms with van der Waals surface area (Å²) >= 11 is 12.0. The molecule has 1 aliphatic rings. The van der Waals surface area contributed by atoms with Gasteiger partial charge in [-0.15, -0.1) is 0 Å². The summed E-state index contributed by atoms with van der Waals surface area (Å²) in [6.45, 7) is 1.57. The fourth-order valence-electron chi connectivity index (χ4n) is 4.76. The molecule has 0 radical (unpaired) electrons. The molecule has 1 heterocycles. The highest BCUT2D eigenvalue weighted by molar-refractivity contribution is 7.89. The second kappa shape index (κ2) is 11.4. The molecule has 1 unspecified atom stereocenters. The van der Waals surface area contributed by atoms with Crippen molar-refractivity contribution < 1.29 is 23.1 Å². The van der Waals surface area contributed by atoms with Crippen molar-refractivity contribution in [3.05, 3.63) is 87.9 Å². The molecule has 2 N–H and O–H groups in total. The zero-order valence-electron chi connectivity index (χ0n) is 20.9. The second-order valence-corrected chi connectivity index (χ2v) is 12.2. The van der Waals surface area contributed by atoms with E-state index in [2.05, 4.69) is 11.4 Å². The van der Waals surface area contributed by atoms with Gasteiger partial charge in [0, 0.05) is 23.0 Å². The van der Waals surface area contributed by atoms with E-state index in [-0.39, 0.29) is 34.3 Å². The number of hydrogen-bond acceptors (Lipinski definition) is 5. The summed E-state index contributed by atoms with van der Waals surface area (Å²) in [4.78, 5) is 25.4. The van der Waals surface area contributed by atoms with Gasteiger partial charge < -0.3 is 10.4 Å². The van der Waals surface area contributed by atoms with Gasteiger partial charge in [-0.3, -0.25) is 4.79 Å². The molecule has 1 saturated heterocycles. The number of halogens is 2. The third-order valence-electron chi connectivity index (χ3n) is 6.84. The van der Waals surface area contributed by atoms with Gasteiger partial charge in [-0.2, -0.15) is 9.57 Å². The van der Waals surface area contributed by atoms with E-state index in [1.807, 2.05) is 12.1 Å². The van der Waals surface area contributed by atoms with Crippen molar-refractivity contribution in [2.24, 2.45) is 0 Å². The van der Waals surface area contributed by atoms with E-state index >= 15 is 0 Å². The topological polar surface area (TPSA) is 128 Å². The molecule has 8 nitrogen and oxygen atoms in total. The predicted molar refractivity (Wildman–Crippen MR) is 148 cm³/mol. The average Bonchev–Trinajstić information content (AvgIpc) is 3.31. The van der Waals surface area contributed by atoms with E-state index in [0.717, 1.165) is 15.4 Å². The monoisotopic (exact) mass is 585 g/mol. The summed E-state index contributed by atoms with van der Waals surface area (Å²) in [5, 5.41) is 22.0. The van der Waals surface area contributed by atoms with Crippen molar-refractivity contribution in [1.82, 2.24) is 9.62 Å². The number of sulfonamides is 1. The number of carbonyl (C=O) groups is 2. The number of carbonyl (C=O) groups excluding carboxylic acids is 1. The average molecular weight is 586 g/mol. The first-order valence-corrected chi connectivity index (χ1v) is 14.3. The maximum absolute atomic E-state index is 13.5. The van der Waals surface area contributed by atoms with Crippen LogP contribution in [-0.2, 0) is 26.0 Å². The van der Waals surface area contributed by atoms with Crippen LogP contribution in [0, 0.1) is 11.3 Å². The van der Waals surface area contributed by atoms with Crippen LogP contribution in [0.15, 0.2) is 71.6 Å². The lowest BCUT2D eigenvalue weighted by atomic mass is 9.96. The fraction of sp³-hybridized carbons (Fsp3) is 0.250. The van der Waals surface area contributed by atoms with Gasteiger partial charge in [-0.05, 0) is 60.7 Å². The van der Waals surface area contributed by atoms with Gasteiger partial charge in [-0.25, -0.2) is 13.2 Å². The van der Waals surface area contributed by atoms with Crippen LogP contribution in [-0.4, -0.2) is 47.8 Å². The number of benzene rings is 3. The lowest BCUT2D eigenvalue weighted by molar-refractivity contribution is -0.143. The Morgan fingerprint density at radius 1 is 1.10 bits per heavy atom. The molecule has 3 aromatic rings. The minimum absolute atomic E-state index is 0.0199. The van der Waals surface area contributed by atoms with E-state index in [4.69, 9.17) is 23.2 Å². The quantitative estimate of drug-likeness (QED) is 0.387. The molecule has 0 aliphatic carbocycles. The number of aliphatic carboxylic acids is 1. The smallest absolute Gasteiger partial charge is 0.326 e. The van der Waals surface area contributed by atoms with Crippen LogP contribution in [0.4, 0.5) is 0 Å². The molecule has 2 atom stereocenters. The maximum Gasteiger partial charge on any atom is 0.326 e. The van der Waals surface area contributed by atoms with E-state index in [0.29, 0.717) is 17.5 Å². The zero-order valence-corrected chi connectivity index (χ0v) is 23.2. The van der Waals surface area contributed by atoms with Gasteiger partial charge in [0.2, 0.25) is 15.9 Å². The second-order valence-electron chi connectivity index (χ2n) is 9.48. The number of hydrogen-bond donors (Lipinski definition) is 2. The maximum atomic E-state index is 13.5. The van der Waals surface area contributed by atoms with E-state index in [1.165, 1.54) is 25.1 Å². The summed E-state index contributed by atoms with van der Waals surface area (Å²) in [7, 11) is -4.15. The van der Waals surface area contributed by atoms with Crippen LogP contribution in [0.1, 0.15) is 30.9 Å². The molecule has 0 aromatic heterocycles. The molecule has 0 bridgehead atoms. The number of amides is 1. The summed E-state index contributed by atoms with van der Waals surface area (Å²) in [5.41, 5.74) is 1.21. The van der Waals surface area contributed by atoms with Crippen molar-refractivity contribution in [3.8, 4) is 17.2 Å². The molecule has 11 heteroatoms. The van der Waals surface area contributed by atoms with Crippen LogP contribution in [0.5, 0.6) is 0 Å². The number of nitrogens with one attached hydrogen (secondary N) is 1.